The first-order valence-electron chi connectivity index (χ1n) is 8.41. The monoisotopic (exact) mass is 400 g/mol. The number of ether oxygens (including phenoxy) is 2. The summed E-state index contributed by atoms with van der Waals surface area (Å²) >= 11 is 0. The fraction of sp³-hybridized carbons (Fsp3) is 0.167. The van der Waals surface area contributed by atoms with Crippen LogP contribution in [0.3, 0.4) is 0 Å². The number of fused-ring (bicyclic) bond motifs is 1. The minimum atomic E-state index is -0.737. The van der Waals surface area contributed by atoms with Gasteiger partial charge in [0.1, 0.15) is 13.2 Å². The zero-order valence-electron chi connectivity index (χ0n) is 15.0. The number of hydrazone groups is 1. The average molecular weight is 400 g/mol. The van der Waals surface area contributed by atoms with E-state index >= 15 is 0 Å². The molecule has 2 amide bonds. The molecule has 0 aromatic heterocycles. The number of rotatable bonds is 6. The summed E-state index contributed by atoms with van der Waals surface area (Å²) in [4.78, 5) is 34.0. The van der Waals surface area contributed by atoms with E-state index in [1.54, 1.807) is 12.1 Å². The molecule has 2 aromatic carbocycles. The molecule has 1 aliphatic rings. The lowest BCUT2D eigenvalue weighted by Crippen LogP contribution is -2.35. The molecular formula is C18H16N4O7. The fourth-order valence-electron chi connectivity index (χ4n) is 2.43. The largest absolute Gasteiger partial charge is 0.502 e. The van der Waals surface area contributed by atoms with Crippen LogP contribution in [0.2, 0.25) is 0 Å². The summed E-state index contributed by atoms with van der Waals surface area (Å²) in [5.41, 5.74) is 2.32. The van der Waals surface area contributed by atoms with E-state index in [0.29, 0.717) is 35.8 Å². The van der Waals surface area contributed by atoms with Gasteiger partial charge in [0.2, 0.25) is 0 Å². The molecule has 3 rings (SSSR count). The van der Waals surface area contributed by atoms with Gasteiger partial charge in [-0.15, -0.1) is 0 Å². The van der Waals surface area contributed by atoms with E-state index in [1.807, 2.05) is 0 Å². The number of phenols is 1. The second-order valence-corrected chi connectivity index (χ2v) is 5.84. The number of hydrogen-bond acceptors (Lipinski definition) is 8. The van der Waals surface area contributed by atoms with Crippen molar-refractivity contribution in [2.45, 2.75) is 0 Å². The molecule has 29 heavy (non-hydrogen) atoms. The Hall–Kier alpha value is -4.15. The topological polar surface area (TPSA) is 152 Å². The van der Waals surface area contributed by atoms with Crippen LogP contribution in [0.1, 0.15) is 15.9 Å². The van der Waals surface area contributed by atoms with Gasteiger partial charge in [0.05, 0.1) is 17.7 Å². The van der Waals surface area contributed by atoms with Crippen LogP contribution in [0.5, 0.6) is 17.2 Å². The second-order valence-electron chi connectivity index (χ2n) is 5.84. The van der Waals surface area contributed by atoms with Gasteiger partial charge in [0.25, 0.3) is 11.8 Å². The van der Waals surface area contributed by atoms with Crippen LogP contribution in [-0.4, -0.2) is 47.8 Å². The molecule has 0 aliphatic carbocycles. The van der Waals surface area contributed by atoms with E-state index in [-0.39, 0.29) is 6.54 Å². The fourth-order valence-corrected chi connectivity index (χ4v) is 2.43. The Bertz CT molecular complexity index is 990. The Morgan fingerprint density at radius 3 is 2.69 bits per heavy atom. The lowest BCUT2D eigenvalue weighted by Gasteiger charge is -2.18. The lowest BCUT2D eigenvalue weighted by molar-refractivity contribution is -0.385. The maximum Gasteiger partial charge on any atom is 0.311 e. The maximum atomic E-state index is 12.2. The van der Waals surface area contributed by atoms with Gasteiger partial charge in [-0.25, -0.2) is 5.43 Å². The number of nitrogens with zero attached hydrogens (tertiary/aromatic N) is 2. The van der Waals surface area contributed by atoms with Gasteiger partial charge in [0.15, 0.2) is 17.2 Å². The van der Waals surface area contributed by atoms with E-state index in [2.05, 4.69) is 15.8 Å². The van der Waals surface area contributed by atoms with E-state index in [1.165, 1.54) is 18.3 Å². The Morgan fingerprint density at radius 2 is 1.93 bits per heavy atom. The van der Waals surface area contributed by atoms with E-state index in [9.17, 15) is 24.8 Å². The SMILES string of the molecule is O=C(CNC(=O)c1ccc2c(c1)OCCO2)N/N=C/c1ccc(O)c([N+](=O)[O-])c1. The standard InChI is InChI=1S/C18H16N4O7/c23-14-3-1-11(7-13(14)22(26)27)9-20-21-17(24)10-19-18(25)12-2-4-15-16(8-12)29-6-5-28-15/h1-4,7-9,23H,5-6,10H2,(H,19,25)(H,21,24)/b20-9+. The predicted molar refractivity (Wildman–Crippen MR) is 100 cm³/mol. The number of nitrogens with one attached hydrogen (secondary N) is 2. The Balaban J connectivity index is 1.51. The van der Waals surface area contributed by atoms with Crippen molar-refractivity contribution in [3.8, 4) is 17.2 Å². The maximum absolute atomic E-state index is 12.2. The lowest BCUT2D eigenvalue weighted by atomic mass is 10.2. The van der Waals surface area contributed by atoms with E-state index < -0.39 is 28.2 Å². The van der Waals surface area contributed by atoms with Crippen molar-refractivity contribution in [3.05, 3.63) is 57.6 Å². The van der Waals surface area contributed by atoms with Crippen molar-refractivity contribution in [3.63, 3.8) is 0 Å². The smallest absolute Gasteiger partial charge is 0.311 e. The summed E-state index contributed by atoms with van der Waals surface area (Å²) in [7, 11) is 0. The molecule has 11 nitrogen and oxygen atoms in total. The van der Waals surface area contributed by atoms with Crippen LogP contribution in [0.25, 0.3) is 0 Å². The highest BCUT2D eigenvalue weighted by atomic mass is 16.6. The van der Waals surface area contributed by atoms with E-state index in [0.717, 1.165) is 12.1 Å². The van der Waals surface area contributed by atoms with Crippen LogP contribution >= 0.6 is 0 Å². The number of amides is 2. The number of hydrogen-bond donors (Lipinski definition) is 3. The summed E-state index contributed by atoms with van der Waals surface area (Å²) < 4.78 is 10.8. The first-order chi connectivity index (χ1) is 13.9. The van der Waals surface area contributed by atoms with Crippen molar-refractivity contribution in [2.24, 2.45) is 5.10 Å². The molecule has 0 spiro atoms. The quantitative estimate of drug-likeness (QED) is 0.371. The normalized spacial score (nSPS) is 12.4. The molecule has 0 saturated heterocycles. The van der Waals surface area contributed by atoms with Crippen molar-refractivity contribution < 1.29 is 29.1 Å². The number of phenolic OH excluding ortho intramolecular Hbond substituents is 1. The van der Waals surface area contributed by atoms with Gasteiger partial charge in [0, 0.05) is 17.2 Å². The summed E-state index contributed by atoms with van der Waals surface area (Å²) in [6.07, 6.45) is 1.17. The molecule has 11 heteroatoms. The minimum absolute atomic E-state index is 0.301. The molecule has 0 atom stereocenters. The molecule has 0 fully saturated rings. The Morgan fingerprint density at radius 1 is 1.17 bits per heavy atom. The third kappa shape index (κ3) is 4.97. The highest BCUT2D eigenvalue weighted by Crippen LogP contribution is 2.30. The van der Waals surface area contributed by atoms with Gasteiger partial charge < -0.3 is 19.9 Å². The summed E-state index contributed by atoms with van der Waals surface area (Å²) in [6.45, 7) is 0.500. The van der Waals surface area contributed by atoms with Crippen molar-refractivity contribution in [1.29, 1.82) is 0 Å². The molecule has 3 N–H and O–H groups in total. The first kappa shape index (κ1) is 19.6. The van der Waals surface area contributed by atoms with Crippen LogP contribution < -0.4 is 20.2 Å². The summed E-state index contributed by atoms with van der Waals surface area (Å²) in [5.74, 6) is -0.538. The van der Waals surface area contributed by atoms with Crippen molar-refractivity contribution >= 4 is 23.7 Å². The molecule has 150 valence electrons. The molecule has 0 radical (unpaired) electrons. The second kappa shape index (κ2) is 8.69. The van der Waals surface area contributed by atoms with Gasteiger partial charge in [-0.1, -0.05) is 0 Å². The zero-order chi connectivity index (χ0) is 20.8. The predicted octanol–water partition coefficient (Wildman–Crippen LogP) is 0.952. The molecule has 0 bridgehead atoms. The van der Waals surface area contributed by atoms with Gasteiger partial charge in [-0.2, -0.15) is 5.10 Å². The molecule has 0 saturated carbocycles. The van der Waals surface area contributed by atoms with Crippen LogP contribution in [-0.2, 0) is 4.79 Å². The van der Waals surface area contributed by atoms with Gasteiger partial charge >= 0.3 is 5.69 Å². The molecular weight excluding hydrogens is 384 g/mol. The summed E-state index contributed by atoms with van der Waals surface area (Å²) in [5, 5.41) is 26.3. The van der Waals surface area contributed by atoms with Crippen molar-refractivity contribution in [1.82, 2.24) is 10.7 Å². The highest BCUT2D eigenvalue weighted by molar-refractivity contribution is 5.97. The third-order valence-corrected chi connectivity index (χ3v) is 3.81. The highest BCUT2D eigenvalue weighted by Gasteiger charge is 2.15. The van der Waals surface area contributed by atoms with Crippen LogP contribution in [0.4, 0.5) is 5.69 Å². The minimum Gasteiger partial charge on any atom is -0.502 e. The molecule has 1 heterocycles. The van der Waals surface area contributed by atoms with Crippen LogP contribution in [0, 0.1) is 10.1 Å². The number of aromatic hydroxyl groups is 1. The van der Waals surface area contributed by atoms with Gasteiger partial charge in [-0.3, -0.25) is 19.7 Å². The Labute approximate surface area is 164 Å². The van der Waals surface area contributed by atoms with Crippen LogP contribution in [0.15, 0.2) is 41.5 Å². The van der Waals surface area contributed by atoms with Crippen molar-refractivity contribution in [2.75, 3.05) is 19.8 Å². The molecule has 1 aliphatic heterocycles. The number of nitro benzene ring substituents is 1. The van der Waals surface area contributed by atoms with E-state index in [4.69, 9.17) is 9.47 Å². The average Bonchev–Trinajstić information content (AvgIpc) is 2.72. The van der Waals surface area contributed by atoms with Gasteiger partial charge in [-0.05, 0) is 30.3 Å². The third-order valence-electron chi connectivity index (χ3n) is 3.81. The summed E-state index contributed by atoms with van der Waals surface area (Å²) in [6, 6.07) is 8.34. The number of benzene rings is 2. The number of nitro groups is 1. The zero-order valence-corrected chi connectivity index (χ0v) is 15.0. The number of carbonyl (C=O) groups excluding carboxylic acids is 2. The molecule has 2 aromatic rings. The first-order valence-corrected chi connectivity index (χ1v) is 8.41. The molecule has 0 unspecified atom stereocenters. The Kier molecular flexibility index (Phi) is 5.88. The number of carbonyl (C=O) groups is 2.